The molecule has 4 nitrogen and oxygen atoms in total. The van der Waals surface area contributed by atoms with Gasteiger partial charge in [-0.3, -0.25) is 10.4 Å². The van der Waals surface area contributed by atoms with Gasteiger partial charge in [0.2, 0.25) is 0 Å². The number of thioether (sulfide) groups is 1. The fraction of sp³-hybridized carbons (Fsp3) is 0.0714. The Kier molecular flexibility index (Phi) is 6.28. The molecule has 0 saturated carbocycles. The van der Waals surface area contributed by atoms with Gasteiger partial charge in [0.05, 0.1) is 33.4 Å². The Morgan fingerprint density at radius 3 is 2.49 bits per heavy atom. The van der Waals surface area contributed by atoms with E-state index in [2.05, 4.69) is 97.1 Å². The first-order valence-corrected chi connectivity index (χ1v) is 16.5. The molecular formula is C42H27N3OS. The van der Waals surface area contributed by atoms with Crippen LogP contribution in [0.4, 0.5) is 0 Å². The van der Waals surface area contributed by atoms with Crippen LogP contribution in [0.5, 0.6) is 11.5 Å². The maximum Gasteiger partial charge on any atom is 0.131 e. The summed E-state index contributed by atoms with van der Waals surface area (Å²) in [5.41, 5.74) is 8.81. The van der Waals surface area contributed by atoms with E-state index in [1.807, 2.05) is 42.5 Å². The van der Waals surface area contributed by atoms with E-state index in [4.69, 9.17) is 9.73 Å². The first kappa shape index (κ1) is 27.6. The van der Waals surface area contributed by atoms with Crippen LogP contribution in [0.1, 0.15) is 50.4 Å². The van der Waals surface area contributed by atoms with E-state index in [-0.39, 0.29) is 11.8 Å². The van der Waals surface area contributed by atoms with Gasteiger partial charge in [-0.25, -0.2) is 0 Å². The molecule has 1 spiro atoms. The Balaban J connectivity index is 1.29. The summed E-state index contributed by atoms with van der Waals surface area (Å²) in [5, 5.41) is 18.7. The van der Waals surface area contributed by atoms with Gasteiger partial charge in [-0.2, -0.15) is 5.26 Å². The van der Waals surface area contributed by atoms with Gasteiger partial charge in [0.25, 0.3) is 0 Å². The second kappa shape index (κ2) is 10.7. The number of nitriles is 1. The Morgan fingerprint density at radius 1 is 0.809 bits per heavy atom. The molecular weight excluding hydrogens is 595 g/mol. The number of aliphatic imine (C=N–C) groups is 1. The first-order valence-electron chi connectivity index (χ1n) is 15.7. The smallest absolute Gasteiger partial charge is 0.131 e. The minimum absolute atomic E-state index is 0.153. The maximum absolute atomic E-state index is 9.50. The average molecular weight is 622 g/mol. The molecule has 0 amide bonds. The normalized spacial score (nSPS) is 22.2. The Morgan fingerprint density at radius 2 is 1.60 bits per heavy atom. The Bertz CT molecular complexity index is 2320. The molecule has 3 atom stereocenters. The van der Waals surface area contributed by atoms with Crippen LogP contribution in [-0.2, 0) is 5.41 Å². The van der Waals surface area contributed by atoms with Crippen LogP contribution in [-0.4, -0.2) is 11.9 Å². The molecule has 2 aliphatic heterocycles. The number of hydrogen-bond acceptors (Lipinski definition) is 5. The van der Waals surface area contributed by atoms with Crippen molar-refractivity contribution in [1.82, 2.24) is 0 Å². The predicted octanol–water partition coefficient (Wildman–Crippen LogP) is 9.80. The molecule has 4 aliphatic rings. The molecule has 0 radical (unpaired) electrons. The van der Waals surface area contributed by atoms with Crippen molar-refractivity contribution in [3.05, 3.63) is 189 Å². The summed E-state index contributed by atoms with van der Waals surface area (Å²) in [5.74, 6) is 2.10. The maximum atomic E-state index is 9.50. The zero-order valence-corrected chi connectivity index (χ0v) is 26.0. The van der Waals surface area contributed by atoms with E-state index in [0.29, 0.717) is 11.3 Å². The lowest BCUT2D eigenvalue weighted by Crippen LogP contribution is -2.37. The first-order chi connectivity index (χ1) is 23.2. The molecule has 9 rings (SSSR count). The molecule has 5 heteroatoms. The largest absolute Gasteiger partial charge is 0.457 e. The van der Waals surface area contributed by atoms with E-state index < -0.39 is 5.41 Å². The quantitative estimate of drug-likeness (QED) is 0.204. The highest BCUT2D eigenvalue weighted by Crippen LogP contribution is 2.64. The van der Waals surface area contributed by atoms with Crippen molar-refractivity contribution < 1.29 is 4.74 Å². The molecule has 5 aromatic rings. The highest BCUT2D eigenvalue weighted by atomic mass is 32.2. The number of nitrogens with zero attached hydrogens (tertiary/aromatic N) is 2. The molecule has 0 aromatic heterocycles. The van der Waals surface area contributed by atoms with Gasteiger partial charge in [0, 0.05) is 45.2 Å². The van der Waals surface area contributed by atoms with Crippen molar-refractivity contribution in [2.45, 2.75) is 16.2 Å². The highest BCUT2D eigenvalue weighted by molar-refractivity contribution is 8.05. The summed E-state index contributed by atoms with van der Waals surface area (Å²) in [6.07, 6.45) is 10.8. The van der Waals surface area contributed by atoms with Gasteiger partial charge in [0.15, 0.2) is 0 Å². The van der Waals surface area contributed by atoms with E-state index in [1.165, 1.54) is 11.1 Å². The highest BCUT2D eigenvalue weighted by Gasteiger charge is 2.56. The third-order valence-corrected chi connectivity index (χ3v) is 10.9. The van der Waals surface area contributed by atoms with Gasteiger partial charge in [-0.15, -0.1) is 0 Å². The minimum atomic E-state index is -0.484. The van der Waals surface area contributed by atoms with E-state index in [1.54, 1.807) is 24.0 Å². The molecule has 0 fully saturated rings. The van der Waals surface area contributed by atoms with Crippen LogP contribution >= 0.6 is 11.8 Å². The van der Waals surface area contributed by atoms with Gasteiger partial charge in [0.1, 0.15) is 11.5 Å². The molecule has 2 aliphatic carbocycles. The van der Waals surface area contributed by atoms with Gasteiger partial charge in [-0.05, 0) is 59.2 Å². The number of ether oxygens (including phenoxy) is 1. The van der Waals surface area contributed by atoms with Crippen molar-refractivity contribution in [3.8, 4) is 17.6 Å². The second-order valence-electron chi connectivity index (χ2n) is 12.2. The zero-order valence-electron chi connectivity index (χ0n) is 25.2. The Labute approximate surface area is 277 Å². The number of benzene rings is 5. The van der Waals surface area contributed by atoms with E-state index >= 15 is 0 Å². The molecule has 3 unspecified atom stereocenters. The van der Waals surface area contributed by atoms with Crippen LogP contribution in [0.3, 0.4) is 0 Å². The fourth-order valence-electron chi connectivity index (χ4n) is 7.82. The lowest BCUT2D eigenvalue weighted by molar-refractivity contribution is 0.374. The Hall–Kier alpha value is -5.70. The van der Waals surface area contributed by atoms with E-state index in [9.17, 15) is 10.7 Å². The zero-order chi connectivity index (χ0) is 31.5. The van der Waals surface area contributed by atoms with Gasteiger partial charge < -0.3 is 4.74 Å². The van der Waals surface area contributed by atoms with Crippen LogP contribution in [0, 0.1) is 22.7 Å². The van der Waals surface area contributed by atoms with Crippen molar-refractivity contribution >= 4 is 29.4 Å². The number of rotatable bonds is 3. The van der Waals surface area contributed by atoms with Crippen LogP contribution in [0.2, 0.25) is 0 Å². The molecule has 2 heterocycles. The molecule has 0 saturated heterocycles. The molecule has 1 N–H and O–H groups in total. The standard InChI is InChI=1S/C42H27N3OS/c43-24-26-10-9-11-27(22-26)25-45-40(41-39(44)31-14-3-8-19-38(31)47-41)28-20-21-37-35(23-28)42(34-17-6-7-18-36(34)46-37)32-15-4-1-12-29(32)30-13-2-5-16-33(30)42/h1-23,25,29,32,44H/b41-40+,44-39?,45-25?. The summed E-state index contributed by atoms with van der Waals surface area (Å²) in [7, 11) is 0. The number of fused-ring (bicyclic) bond motifs is 10. The summed E-state index contributed by atoms with van der Waals surface area (Å²) < 4.78 is 6.67. The lowest BCUT2D eigenvalue weighted by atomic mass is 9.61. The molecule has 222 valence electrons. The van der Waals surface area contributed by atoms with Crippen molar-refractivity contribution in [2.24, 2.45) is 10.9 Å². The minimum Gasteiger partial charge on any atom is -0.457 e. The van der Waals surface area contributed by atoms with Crippen LogP contribution in [0.25, 0.3) is 5.70 Å². The van der Waals surface area contributed by atoms with E-state index in [0.717, 1.165) is 54.8 Å². The van der Waals surface area contributed by atoms with Gasteiger partial charge >= 0.3 is 0 Å². The monoisotopic (exact) mass is 621 g/mol. The number of hydrogen-bond donors (Lipinski definition) is 1. The lowest BCUT2D eigenvalue weighted by Gasteiger charge is -2.43. The summed E-state index contributed by atoms with van der Waals surface area (Å²) in [6.45, 7) is 0. The second-order valence-corrected chi connectivity index (χ2v) is 13.2. The molecule has 47 heavy (non-hydrogen) atoms. The van der Waals surface area contributed by atoms with Crippen LogP contribution < -0.4 is 4.74 Å². The SMILES string of the molecule is N#Cc1cccc(C=N/C(=C2/Sc3ccccc3C2=N)c2ccc3c(c2)C2(c4ccccc4O3)c3ccccc3C3C=CC=CC32)c1. The fourth-order valence-corrected chi connectivity index (χ4v) is 8.94. The van der Waals surface area contributed by atoms with Gasteiger partial charge in [-0.1, -0.05) is 109 Å². The molecule has 5 aromatic carbocycles. The molecule has 0 bridgehead atoms. The third-order valence-electron chi connectivity index (χ3n) is 9.76. The predicted molar refractivity (Wildman–Crippen MR) is 189 cm³/mol. The van der Waals surface area contributed by atoms with Crippen molar-refractivity contribution in [3.63, 3.8) is 0 Å². The summed E-state index contributed by atoms with van der Waals surface area (Å²) in [6, 6.07) is 41.4. The number of allylic oxidation sites excluding steroid dienone is 5. The van der Waals surface area contributed by atoms with Crippen molar-refractivity contribution in [2.75, 3.05) is 0 Å². The van der Waals surface area contributed by atoms with Crippen LogP contribution in [0.15, 0.2) is 154 Å². The summed E-state index contributed by atoms with van der Waals surface area (Å²) in [4.78, 5) is 6.95. The van der Waals surface area contributed by atoms with Crippen molar-refractivity contribution in [1.29, 1.82) is 10.7 Å². The third kappa shape index (κ3) is 4.08. The average Bonchev–Trinajstić information content (AvgIpc) is 3.61. The summed E-state index contributed by atoms with van der Waals surface area (Å²) >= 11 is 1.58. The topological polar surface area (TPSA) is 69.2 Å². The number of para-hydroxylation sites is 1. The number of nitrogens with one attached hydrogen (secondary N) is 1.